The topological polar surface area (TPSA) is 66.3 Å². The number of piperidine rings is 1. The number of aromatic amines is 1. The molecule has 1 aliphatic rings. The Balaban J connectivity index is 1.67. The maximum Gasteiger partial charge on any atom is 0.274 e. The van der Waals surface area contributed by atoms with Crippen molar-refractivity contribution >= 4 is 11.6 Å². The lowest BCUT2D eigenvalue weighted by Crippen LogP contribution is -2.38. The van der Waals surface area contributed by atoms with Crippen LogP contribution in [0.2, 0.25) is 0 Å². The molecule has 0 radical (unpaired) electrons. The van der Waals surface area contributed by atoms with Gasteiger partial charge in [-0.1, -0.05) is 6.07 Å². The van der Waals surface area contributed by atoms with Crippen LogP contribution in [0.25, 0.3) is 5.65 Å². The van der Waals surface area contributed by atoms with Crippen molar-refractivity contribution in [1.82, 2.24) is 24.5 Å². The molecule has 1 atom stereocenters. The number of carbonyl (C=O) groups excluding carboxylic acids is 1. The Bertz CT molecular complexity index is 836. The van der Waals surface area contributed by atoms with E-state index in [4.69, 9.17) is 0 Å². The van der Waals surface area contributed by atoms with Crippen molar-refractivity contribution in [2.75, 3.05) is 6.54 Å². The van der Waals surface area contributed by atoms with E-state index >= 15 is 0 Å². The lowest BCUT2D eigenvalue weighted by atomic mass is 9.99. The summed E-state index contributed by atoms with van der Waals surface area (Å²) in [5, 5.41) is 7.03. The van der Waals surface area contributed by atoms with Gasteiger partial charge in [0, 0.05) is 25.1 Å². The van der Waals surface area contributed by atoms with Crippen LogP contribution in [-0.2, 0) is 0 Å². The number of H-pyrrole nitrogens is 1. The number of aromatic nitrogens is 4. The molecule has 0 bridgehead atoms. The van der Waals surface area contributed by atoms with Crippen molar-refractivity contribution < 1.29 is 4.79 Å². The first-order valence-electron chi connectivity index (χ1n) is 7.98. The van der Waals surface area contributed by atoms with Crippen LogP contribution in [-0.4, -0.2) is 36.9 Å². The van der Waals surface area contributed by atoms with Gasteiger partial charge in [0.1, 0.15) is 11.3 Å². The van der Waals surface area contributed by atoms with Gasteiger partial charge < -0.3 is 9.30 Å². The number of carbonyl (C=O) groups is 1. The first-order chi connectivity index (χ1) is 11.2. The van der Waals surface area contributed by atoms with E-state index in [1.807, 2.05) is 46.8 Å². The second-order valence-electron chi connectivity index (χ2n) is 6.12. The van der Waals surface area contributed by atoms with Gasteiger partial charge in [-0.3, -0.25) is 9.89 Å². The Kier molecular flexibility index (Phi) is 3.37. The van der Waals surface area contributed by atoms with Gasteiger partial charge in [-0.25, -0.2) is 4.98 Å². The Morgan fingerprint density at radius 2 is 2.17 bits per heavy atom. The van der Waals surface area contributed by atoms with E-state index in [1.165, 1.54) is 0 Å². The lowest BCUT2D eigenvalue weighted by Gasteiger charge is -2.34. The fourth-order valence-electron chi connectivity index (χ4n) is 3.30. The average molecular weight is 309 g/mol. The summed E-state index contributed by atoms with van der Waals surface area (Å²) in [7, 11) is 0. The van der Waals surface area contributed by atoms with E-state index in [2.05, 4.69) is 15.2 Å². The summed E-state index contributed by atoms with van der Waals surface area (Å²) in [5.41, 5.74) is 3.44. The van der Waals surface area contributed by atoms with Gasteiger partial charge in [0.2, 0.25) is 0 Å². The van der Waals surface area contributed by atoms with Crippen LogP contribution in [0.3, 0.4) is 0 Å². The Morgan fingerprint density at radius 1 is 1.26 bits per heavy atom. The van der Waals surface area contributed by atoms with Crippen molar-refractivity contribution in [3.05, 3.63) is 53.7 Å². The summed E-state index contributed by atoms with van der Waals surface area (Å²) in [5.74, 6) is -0.00865. The number of nitrogens with one attached hydrogen (secondary N) is 1. The molecule has 1 N–H and O–H groups in total. The number of pyridine rings is 1. The molecule has 4 heterocycles. The molecule has 23 heavy (non-hydrogen) atoms. The predicted octanol–water partition coefficient (Wildman–Crippen LogP) is 2.73. The van der Waals surface area contributed by atoms with Crippen LogP contribution in [0.15, 0.2) is 36.8 Å². The van der Waals surface area contributed by atoms with E-state index in [9.17, 15) is 4.79 Å². The minimum Gasteiger partial charge on any atom is -0.329 e. The molecule has 3 aromatic heterocycles. The Labute approximate surface area is 134 Å². The number of fused-ring (bicyclic) bond motifs is 1. The van der Waals surface area contributed by atoms with Crippen LogP contribution in [0.5, 0.6) is 0 Å². The average Bonchev–Trinajstić information content (AvgIpc) is 3.23. The molecule has 6 nitrogen and oxygen atoms in total. The second-order valence-corrected chi connectivity index (χ2v) is 6.12. The number of hydrogen-bond donors (Lipinski definition) is 1. The zero-order valence-corrected chi connectivity index (χ0v) is 13.1. The number of likely N-dealkylation sites (tertiary alicyclic amines) is 1. The molecule has 1 saturated heterocycles. The Hall–Kier alpha value is -2.63. The zero-order chi connectivity index (χ0) is 15.8. The second kappa shape index (κ2) is 5.53. The number of rotatable bonds is 2. The summed E-state index contributed by atoms with van der Waals surface area (Å²) >= 11 is 0. The monoisotopic (exact) mass is 309 g/mol. The molecule has 0 aliphatic carbocycles. The number of nitrogens with zero attached hydrogens (tertiary/aromatic N) is 4. The molecule has 1 amide bonds. The van der Waals surface area contributed by atoms with Gasteiger partial charge in [-0.2, -0.15) is 5.10 Å². The predicted molar refractivity (Wildman–Crippen MR) is 86.1 cm³/mol. The third-order valence-corrected chi connectivity index (χ3v) is 4.46. The molecule has 3 aromatic rings. The van der Waals surface area contributed by atoms with Crippen LogP contribution in [0, 0.1) is 6.92 Å². The summed E-state index contributed by atoms with van der Waals surface area (Å²) in [6, 6.07) is 5.95. The first-order valence-corrected chi connectivity index (χ1v) is 7.98. The van der Waals surface area contributed by atoms with Crippen LogP contribution < -0.4 is 0 Å². The maximum absolute atomic E-state index is 13.0. The van der Waals surface area contributed by atoms with Crippen molar-refractivity contribution in [1.29, 1.82) is 0 Å². The van der Waals surface area contributed by atoms with Crippen molar-refractivity contribution in [2.45, 2.75) is 32.2 Å². The molecule has 1 aliphatic heterocycles. The highest BCUT2D eigenvalue weighted by Crippen LogP contribution is 2.30. The van der Waals surface area contributed by atoms with Gasteiger partial charge in [0.25, 0.3) is 5.91 Å². The standard InChI is InChI=1S/C17H19N5O/c1-12-5-6-16-19-14(11-21(16)10-12)17(23)22-9-3-2-4-15(22)13-7-8-18-20-13/h5-8,10-11,15H,2-4,9H2,1H3,(H,18,20). The van der Waals surface area contributed by atoms with E-state index in [-0.39, 0.29) is 11.9 Å². The molecule has 4 rings (SSSR count). The smallest absolute Gasteiger partial charge is 0.274 e. The normalized spacial score (nSPS) is 18.5. The van der Waals surface area contributed by atoms with Gasteiger partial charge in [-0.15, -0.1) is 0 Å². The minimum absolute atomic E-state index is 0.00865. The summed E-state index contributed by atoms with van der Waals surface area (Å²) < 4.78 is 1.91. The van der Waals surface area contributed by atoms with Gasteiger partial charge in [-0.05, 0) is 43.9 Å². The van der Waals surface area contributed by atoms with Gasteiger partial charge >= 0.3 is 0 Å². The molecule has 0 aromatic carbocycles. The fraction of sp³-hybridized carbons (Fsp3) is 0.353. The van der Waals surface area contributed by atoms with Crippen molar-refractivity contribution in [3.63, 3.8) is 0 Å². The molecule has 1 fully saturated rings. The highest BCUT2D eigenvalue weighted by molar-refractivity contribution is 5.93. The van der Waals surface area contributed by atoms with Crippen LogP contribution in [0.4, 0.5) is 0 Å². The largest absolute Gasteiger partial charge is 0.329 e. The third-order valence-electron chi connectivity index (χ3n) is 4.46. The van der Waals surface area contributed by atoms with E-state index in [0.29, 0.717) is 5.69 Å². The van der Waals surface area contributed by atoms with Crippen molar-refractivity contribution in [2.24, 2.45) is 0 Å². The summed E-state index contributed by atoms with van der Waals surface area (Å²) in [4.78, 5) is 19.4. The van der Waals surface area contributed by atoms with E-state index < -0.39 is 0 Å². The van der Waals surface area contributed by atoms with Crippen LogP contribution in [0.1, 0.15) is 47.1 Å². The lowest BCUT2D eigenvalue weighted by molar-refractivity contribution is 0.0600. The summed E-state index contributed by atoms with van der Waals surface area (Å²) in [6.07, 6.45) is 8.66. The molecular formula is C17H19N5O. The number of hydrogen-bond acceptors (Lipinski definition) is 3. The van der Waals surface area contributed by atoms with Gasteiger partial charge in [0.15, 0.2) is 0 Å². The highest BCUT2D eigenvalue weighted by atomic mass is 16.2. The number of amides is 1. The fourth-order valence-corrected chi connectivity index (χ4v) is 3.30. The molecular weight excluding hydrogens is 290 g/mol. The highest BCUT2D eigenvalue weighted by Gasteiger charge is 2.30. The number of imidazole rings is 1. The maximum atomic E-state index is 13.0. The molecule has 118 valence electrons. The third kappa shape index (κ3) is 2.50. The Morgan fingerprint density at radius 3 is 3.00 bits per heavy atom. The molecule has 6 heteroatoms. The van der Waals surface area contributed by atoms with E-state index in [1.54, 1.807) is 6.20 Å². The van der Waals surface area contributed by atoms with Crippen LogP contribution >= 0.6 is 0 Å². The minimum atomic E-state index is -0.00865. The molecule has 0 saturated carbocycles. The quantitative estimate of drug-likeness (QED) is 0.791. The molecule has 1 unspecified atom stereocenters. The van der Waals surface area contributed by atoms with Gasteiger partial charge in [0.05, 0.1) is 11.7 Å². The zero-order valence-electron chi connectivity index (χ0n) is 13.1. The van der Waals surface area contributed by atoms with E-state index in [0.717, 1.165) is 42.7 Å². The SMILES string of the molecule is Cc1ccc2nc(C(=O)N3CCCCC3c3ccn[nH]3)cn2c1. The molecule has 0 spiro atoms. The first kappa shape index (κ1) is 14.0. The summed E-state index contributed by atoms with van der Waals surface area (Å²) in [6.45, 7) is 2.79. The van der Waals surface area contributed by atoms with Crippen molar-refractivity contribution in [3.8, 4) is 0 Å². The number of aryl methyl sites for hydroxylation is 1.